The fraction of sp³-hybridized carbons (Fsp3) is 0.533. The number of nitrogens with zero attached hydrogens (tertiary/aromatic N) is 1. The molecule has 4 nitrogen and oxygen atoms in total. The maximum Gasteiger partial charge on any atom is 0.170 e. The Labute approximate surface area is 114 Å². The molecule has 0 aromatic heterocycles. The Balaban J connectivity index is 2.73. The molecule has 4 heteroatoms. The van der Waals surface area contributed by atoms with Gasteiger partial charge < -0.3 is 15.7 Å². The van der Waals surface area contributed by atoms with Gasteiger partial charge in [-0.3, -0.25) is 0 Å². The molecular weight excluding hydrogens is 240 g/mol. The number of fused-ring (bicyclic) bond motifs is 1. The van der Waals surface area contributed by atoms with E-state index < -0.39 is 0 Å². The minimum Gasteiger partial charge on any atom is -0.492 e. The van der Waals surface area contributed by atoms with Crippen LogP contribution in [0, 0.1) is 0 Å². The summed E-state index contributed by atoms with van der Waals surface area (Å²) in [5.41, 5.74) is 8.60. The first-order valence-electron chi connectivity index (χ1n) is 6.46. The van der Waals surface area contributed by atoms with Crippen molar-refractivity contribution in [1.82, 2.24) is 0 Å². The Hall–Kier alpha value is -1.71. The van der Waals surface area contributed by atoms with Crippen LogP contribution in [-0.4, -0.2) is 17.6 Å². The quantitative estimate of drug-likeness (QED) is 0.354. The van der Waals surface area contributed by atoms with Crippen LogP contribution >= 0.6 is 0 Å². The van der Waals surface area contributed by atoms with Crippen LogP contribution in [0.15, 0.2) is 17.3 Å². The molecule has 0 radical (unpaired) electrons. The zero-order chi connectivity index (χ0) is 14.4. The Morgan fingerprint density at radius 3 is 2.53 bits per heavy atom. The van der Waals surface area contributed by atoms with Gasteiger partial charge in [0.05, 0.1) is 6.61 Å². The van der Waals surface area contributed by atoms with E-state index in [1.54, 1.807) is 0 Å². The highest BCUT2D eigenvalue weighted by molar-refractivity contribution is 5.97. The second kappa shape index (κ2) is 4.15. The van der Waals surface area contributed by atoms with Gasteiger partial charge in [-0.05, 0) is 17.5 Å². The van der Waals surface area contributed by atoms with Crippen LogP contribution in [0.4, 0.5) is 0 Å². The topological polar surface area (TPSA) is 67.8 Å². The van der Waals surface area contributed by atoms with Gasteiger partial charge in [0.15, 0.2) is 5.84 Å². The number of benzene rings is 1. The normalized spacial score (nSPS) is 18.1. The molecule has 104 valence electrons. The average Bonchev–Trinajstić information content (AvgIpc) is 2.62. The van der Waals surface area contributed by atoms with Crippen LogP contribution in [0.5, 0.6) is 5.75 Å². The van der Waals surface area contributed by atoms with Crippen molar-refractivity contribution in [3.05, 3.63) is 28.8 Å². The lowest BCUT2D eigenvalue weighted by Crippen LogP contribution is -2.20. The van der Waals surface area contributed by atoms with Gasteiger partial charge >= 0.3 is 0 Å². The van der Waals surface area contributed by atoms with E-state index in [9.17, 15) is 0 Å². The van der Waals surface area contributed by atoms with Crippen molar-refractivity contribution in [3.8, 4) is 5.75 Å². The molecule has 0 spiro atoms. The number of amidine groups is 1. The van der Waals surface area contributed by atoms with Crippen LogP contribution in [0.3, 0.4) is 0 Å². The zero-order valence-electron chi connectivity index (χ0n) is 12.2. The summed E-state index contributed by atoms with van der Waals surface area (Å²) in [6.45, 7) is 11.3. The van der Waals surface area contributed by atoms with E-state index in [4.69, 9.17) is 15.7 Å². The van der Waals surface area contributed by atoms with Crippen molar-refractivity contribution in [2.24, 2.45) is 10.9 Å². The molecule has 1 heterocycles. The van der Waals surface area contributed by atoms with Crippen LogP contribution in [-0.2, 0) is 10.8 Å². The summed E-state index contributed by atoms with van der Waals surface area (Å²) in [6.07, 6.45) is 0. The number of hydrogen-bond acceptors (Lipinski definition) is 3. The Bertz CT molecular complexity index is 540. The number of hydrogen-bond donors (Lipinski definition) is 2. The predicted octanol–water partition coefficient (Wildman–Crippen LogP) is 2.75. The minimum absolute atomic E-state index is 0.0545. The minimum atomic E-state index is -0.0593. The lowest BCUT2D eigenvalue weighted by molar-refractivity contribution is 0.286. The first kappa shape index (κ1) is 13.7. The largest absolute Gasteiger partial charge is 0.492 e. The summed E-state index contributed by atoms with van der Waals surface area (Å²) < 4.78 is 5.90. The smallest absolute Gasteiger partial charge is 0.170 e. The van der Waals surface area contributed by atoms with Crippen LogP contribution < -0.4 is 10.5 Å². The van der Waals surface area contributed by atoms with E-state index in [1.807, 2.05) is 12.1 Å². The molecule has 1 aliphatic heterocycles. The molecule has 0 amide bonds. The van der Waals surface area contributed by atoms with Gasteiger partial charge in [0.1, 0.15) is 5.75 Å². The first-order chi connectivity index (χ1) is 8.66. The van der Waals surface area contributed by atoms with E-state index in [0.717, 1.165) is 22.4 Å². The molecule has 0 atom stereocenters. The number of oxime groups is 1. The van der Waals surface area contributed by atoms with Crippen molar-refractivity contribution in [1.29, 1.82) is 0 Å². The molecule has 19 heavy (non-hydrogen) atoms. The second-order valence-corrected chi connectivity index (χ2v) is 6.81. The van der Waals surface area contributed by atoms with Crippen LogP contribution in [0.25, 0.3) is 0 Å². The summed E-state index contributed by atoms with van der Waals surface area (Å²) in [5.74, 6) is 1.09. The molecule has 0 fully saturated rings. The summed E-state index contributed by atoms with van der Waals surface area (Å²) in [7, 11) is 0. The molecule has 1 aliphatic rings. The number of ether oxygens (including phenoxy) is 1. The highest BCUT2D eigenvalue weighted by atomic mass is 16.5. The maximum absolute atomic E-state index is 8.89. The average molecular weight is 262 g/mol. The summed E-state index contributed by atoms with van der Waals surface area (Å²) in [6, 6.07) is 3.92. The van der Waals surface area contributed by atoms with Crippen molar-refractivity contribution >= 4 is 5.84 Å². The fourth-order valence-corrected chi connectivity index (χ4v) is 2.38. The Kier molecular flexibility index (Phi) is 3.00. The third-order valence-electron chi connectivity index (χ3n) is 3.61. The van der Waals surface area contributed by atoms with Crippen molar-refractivity contribution in [2.45, 2.75) is 45.4 Å². The van der Waals surface area contributed by atoms with E-state index in [2.05, 4.69) is 39.8 Å². The number of rotatable bonds is 1. The van der Waals surface area contributed by atoms with Crippen LogP contribution in [0.1, 0.15) is 51.3 Å². The monoisotopic (exact) mass is 262 g/mol. The van der Waals surface area contributed by atoms with Crippen molar-refractivity contribution in [3.63, 3.8) is 0 Å². The molecule has 1 aromatic rings. The molecule has 2 rings (SSSR count). The van der Waals surface area contributed by atoms with Gasteiger partial charge in [0.25, 0.3) is 0 Å². The van der Waals surface area contributed by atoms with E-state index in [-0.39, 0.29) is 16.7 Å². The van der Waals surface area contributed by atoms with E-state index in [0.29, 0.717) is 6.61 Å². The van der Waals surface area contributed by atoms with Gasteiger partial charge in [0.2, 0.25) is 0 Å². The summed E-state index contributed by atoms with van der Waals surface area (Å²) in [4.78, 5) is 0. The fourth-order valence-electron chi connectivity index (χ4n) is 2.38. The molecule has 0 saturated carbocycles. The molecule has 3 N–H and O–H groups in total. The van der Waals surface area contributed by atoms with E-state index in [1.165, 1.54) is 0 Å². The van der Waals surface area contributed by atoms with Gasteiger partial charge in [-0.15, -0.1) is 0 Å². The first-order valence-corrected chi connectivity index (χ1v) is 6.46. The molecular formula is C15H22N2O2. The molecule has 1 aromatic carbocycles. The number of nitrogens with two attached hydrogens (primary N) is 1. The Morgan fingerprint density at radius 2 is 2.00 bits per heavy atom. The van der Waals surface area contributed by atoms with Gasteiger partial charge in [-0.1, -0.05) is 39.8 Å². The zero-order valence-corrected chi connectivity index (χ0v) is 12.2. The molecule has 0 unspecified atom stereocenters. The third kappa shape index (κ3) is 2.27. The lowest BCUT2D eigenvalue weighted by Gasteiger charge is -2.24. The Morgan fingerprint density at radius 1 is 1.37 bits per heavy atom. The van der Waals surface area contributed by atoms with Crippen LogP contribution in [0.2, 0.25) is 0 Å². The summed E-state index contributed by atoms with van der Waals surface area (Å²) >= 11 is 0. The van der Waals surface area contributed by atoms with Gasteiger partial charge in [-0.2, -0.15) is 0 Å². The SMILES string of the molecule is CC(C)(C)c1cc(C(N)=NO)cc2c1OCC2(C)C. The molecule has 0 saturated heterocycles. The highest BCUT2D eigenvalue weighted by Crippen LogP contribution is 2.45. The molecule has 0 bridgehead atoms. The predicted molar refractivity (Wildman–Crippen MR) is 76.2 cm³/mol. The van der Waals surface area contributed by atoms with Crippen molar-refractivity contribution in [2.75, 3.05) is 6.61 Å². The summed E-state index contributed by atoms with van der Waals surface area (Å²) in [5, 5.41) is 12.0. The maximum atomic E-state index is 8.89. The van der Waals surface area contributed by atoms with Gasteiger partial charge in [0, 0.05) is 22.1 Å². The standard InChI is InChI=1S/C15H22N2O2/c1-14(2,3)10-6-9(13(16)17-18)7-11-12(10)19-8-15(11,4)5/h6-7,18H,8H2,1-5H3,(H2,16,17). The second-order valence-electron chi connectivity index (χ2n) is 6.81. The van der Waals surface area contributed by atoms with Gasteiger partial charge in [-0.25, -0.2) is 0 Å². The highest BCUT2D eigenvalue weighted by Gasteiger charge is 2.36. The van der Waals surface area contributed by atoms with E-state index >= 15 is 0 Å². The third-order valence-corrected chi connectivity index (χ3v) is 3.61. The molecule has 0 aliphatic carbocycles. The lowest BCUT2D eigenvalue weighted by atomic mass is 9.79. The van der Waals surface area contributed by atoms with Crippen molar-refractivity contribution < 1.29 is 9.94 Å².